The highest BCUT2D eigenvalue weighted by Crippen LogP contribution is 2.78. The number of aryl methyl sites for hydroxylation is 1. The van der Waals surface area contributed by atoms with Gasteiger partial charge in [0, 0.05) is 51.8 Å². The molecule has 5 nitrogen and oxygen atoms in total. The Morgan fingerprint density at radius 3 is 2.75 bits per heavy atom. The van der Waals surface area contributed by atoms with E-state index in [0.717, 1.165) is 49.4 Å². The van der Waals surface area contributed by atoms with E-state index in [1.807, 2.05) is 20.1 Å². The Morgan fingerprint density at radius 2 is 2.03 bits per heavy atom. The normalized spacial score (nSPS) is 41.6. The van der Waals surface area contributed by atoms with E-state index < -0.39 is 11.2 Å². The third kappa shape index (κ3) is 2.40. The molecule has 6 heteroatoms. The van der Waals surface area contributed by atoms with Crippen molar-refractivity contribution in [2.45, 2.75) is 87.6 Å². The molecule has 0 radical (unpaired) electrons. The second-order valence-corrected chi connectivity index (χ2v) is 14.2. The van der Waals surface area contributed by atoms with Gasteiger partial charge in [-0.25, -0.2) is 0 Å². The van der Waals surface area contributed by atoms with Gasteiger partial charge >= 0.3 is 0 Å². The van der Waals surface area contributed by atoms with E-state index in [2.05, 4.69) is 30.0 Å². The number of phenols is 1. The summed E-state index contributed by atoms with van der Waals surface area (Å²) in [7, 11) is 1.83. The van der Waals surface area contributed by atoms with Crippen molar-refractivity contribution in [1.82, 2.24) is 4.90 Å². The number of nitrogens with zero attached hydrogens (tertiary/aromatic N) is 1. The first kappa shape index (κ1) is 22.4. The van der Waals surface area contributed by atoms with Gasteiger partial charge in [-0.3, -0.25) is 4.90 Å². The Bertz CT molecular complexity index is 1270. The summed E-state index contributed by atoms with van der Waals surface area (Å²) in [6, 6.07) is 8.66. The first-order chi connectivity index (χ1) is 17.3. The lowest BCUT2D eigenvalue weighted by Crippen LogP contribution is -2.82. The van der Waals surface area contributed by atoms with Crippen LogP contribution in [0.2, 0.25) is 0 Å². The molecule has 36 heavy (non-hydrogen) atoms. The summed E-state index contributed by atoms with van der Waals surface area (Å²) in [5.74, 6) is 1.73. The van der Waals surface area contributed by atoms with Crippen LogP contribution in [0.4, 0.5) is 0 Å². The topological polar surface area (TPSA) is 62.2 Å². The number of rotatable bonds is 5. The van der Waals surface area contributed by atoms with Crippen molar-refractivity contribution in [2.75, 3.05) is 20.2 Å². The van der Waals surface area contributed by atoms with Crippen LogP contribution in [0.15, 0.2) is 24.3 Å². The van der Waals surface area contributed by atoms with Crippen molar-refractivity contribution in [2.24, 2.45) is 17.3 Å². The lowest BCUT2D eigenvalue weighted by atomic mass is 9.33. The first-order valence-electron chi connectivity index (χ1n) is 13.9. The third-order valence-corrected chi connectivity index (χ3v) is 12.8. The summed E-state index contributed by atoms with van der Waals surface area (Å²) in [6.45, 7) is 6.41. The van der Waals surface area contributed by atoms with Crippen molar-refractivity contribution in [1.29, 1.82) is 0 Å². The summed E-state index contributed by atoms with van der Waals surface area (Å²) in [6.07, 6.45) is 7.51. The van der Waals surface area contributed by atoms with Crippen LogP contribution >= 0.6 is 11.3 Å². The molecule has 5 fully saturated rings. The molecule has 0 unspecified atom stereocenters. The zero-order valence-corrected chi connectivity index (χ0v) is 22.4. The van der Waals surface area contributed by atoms with E-state index in [-0.39, 0.29) is 28.6 Å². The standard InChI is InChI=1S/C30H37NO4S/c1-17-4-9-23(36-17)27(2,33)21-15-28-10-11-30(21,34-3)26-29(28)12-13-31(16-18-5-6-18)22(28)14-19-7-8-20(32)25(35-26)24(19)29/h4,7-9,18,21-22,26,32-33H,5-6,10-16H2,1-3H3/t21-,22-,26-,27+,28-,29+,30-/m1/s1. The maximum atomic E-state index is 12.4. The number of benzene rings is 1. The van der Waals surface area contributed by atoms with Crippen LogP contribution in [-0.4, -0.2) is 53.1 Å². The summed E-state index contributed by atoms with van der Waals surface area (Å²) in [5, 5.41) is 23.4. The molecule has 1 saturated heterocycles. The molecule has 7 atom stereocenters. The summed E-state index contributed by atoms with van der Waals surface area (Å²) in [5.41, 5.74) is 0.870. The fourth-order valence-corrected chi connectivity index (χ4v) is 10.9. The quantitative estimate of drug-likeness (QED) is 0.603. The Morgan fingerprint density at radius 1 is 1.19 bits per heavy atom. The molecule has 2 aliphatic heterocycles. The second kappa shape index (κ2) is 6.88. The van der Waals surface area contributed by atoms with Crippen molar-refractivity contribution < 1.29 is 19.7 Å². The minimum atomic E-state index is -1.01. The molecule has 3 heterocycles. The van der Waals surface area contributed by atoms with E-state index in [1.165, 1.54) is 35.4 Å². The van der Waals surface area contributed by atoms with Crippen molar-refractivity contribution >= 4 is 11.3 Å². The van der Waals surface area contributed by atoms with Gasteiger partial charge in [0.15, 0.2) is 11.5 Å². The van der Waals surface area contributed by atoms with Gasteiger partial charge in [0.25, 0.3) is 0 Å². The van der Waals surface area contributed by atoms with Gasteiger partial charge in [-0.15, -0.1) is 11.3 Å². The zero-order chi connectivity index (χ0) is 24.7. The Kier molecular flexibility index (Phi) is 4.28. The predicted molar refractivity (Wildman–Crippen MR) is 139 cm³/mol. The fraction of sp³-hybridized carbons (Fsp3) is 0.667. The Hall–Kier alpha value is -1.60. The van der Waals surface area contributed by atoms with E-state index >= 15 is 0 Å². The molecule has 4 saturated carbocycles. The molecule has 4 bridgehead atoms. The number of phenolic OH excluding ortho intramolecular Hbond substituents is 1. The van der Waals surface area contributed by atoms with E-state index in [0.29, 0.717) is 11.8 Å². The molecule has 2 N–H and O–H groups in total. The summed E-state index contributed by atoms with van der Waals surface area (Å²) >= 11 is 1.70. The maximum absolute atomic E-state index is 12.4. The number of fused-ring (bicyclic) bond motifs is 2. The van der Waals surface area contributed by atoms with Crippen LogP contribution < -0.4 is 4.74 Å². The average molecular weight is 508 g/mol. The number of aliphatic hydroxyl groups is 1. The van der Waals surface area contributed by atoms with Crippen LogP contribution in [0.3, 0.4) is 0 Å². The fourth-order valence-electron chi connectivity index (χ4n) is 9.94. The van der Waals surface area contributed by atoms with Gasteiger partial charge in [-0.2, -0.15) is 0 Å². The van der Waals surface area contributed by atoms with Crippen molar-refractivity contribution in [3.05, 3.63) is 45.1 Å². The second-order valence-electron chi connectivity index (χ2n) is 13.0. The highest BCUT2D eigenvalue weighted by atomic mass is 32.1. The minimum Gasteiger partial charge on any atom is -0.504 e. The minimum absolute atomic E-state index is 0.0120. The third-order valence-electron chi connectivity index (χ3n) is 11.6. The van der Waals surface area contributed by atoms with E-state index in [4.69, 9.17) is 9.47 Å². The molecule has 0 amide bonds. The molecule has 1 aromatic heterocycles. The SMILES string of the molecule is CO[C@]12CC[C@@]3(C[C@@H]1[C@](C)(O)c1ccc(C)s1)[C@H]1Cc4ccc(O)c5c4[C@@]3(CCN1CC1CC1)[C@H]2O5. The number of ether oxygens (including phenoxy) is 2. The molecule has 192 valence electrons. The molecule has 1 aromatic carbocycles. The zero-order valence-electron chi connectivity index (χ0n) is 21.5. The van der Waals surface area contributed by atoms with E-state index in [9.17, 15) is 10.2 Å². The van der Waals surface area contributed by atoms with Crippen molar-refractivity contribution in [3.63, 3.8) is 0 Å². The predicted octanol–water partition coefficient (Wildman–Crippen LogP) is 4.89. The summed E-state index contributed by atoms with van der Waals surface area (Å²) in [4.78, 5) is 5.06. The molecular weight excluding hydrogens is 470 g/mol. The Balaban J connectivity index is 1.36. The summed E-state index contributed by atoms with van der Waals surface area (Å²) < 4.78 is 13.5. The average Bonchev–Trinajstić information content (AvgIpc) is 3.44. The lowest BCUT2D eigenvalue weighted by molar-refractivity contribution is -0.303. The van der Waals surface area contributed by atoms with Crippen LogP contribution in [0.5, 0.6) is 11.5 Å². The number of piperidine rings is 1. The number of likely N-dealkylation sites (tertiary alicyclic amines) is 1. The van der Waals surface area contributed by atoms with Crippen LogP contribution in [0.25, 0.3) is 0 Å². The van der Waals surface area contributed by atoms with Gasteiger partial charge in [0.1, 0.15) is 17.3 Å². The van der Waals surface area contributed by atoms with Gasteiger partial charge in [0.05, 0.1) is 0 Å². The maximum Gasteiger partial charge on any atom is 0.165 e. The molecule has 5 aliphatic carbocycles. The highest BCUT2D eigenvalue weighted by Gasteiger charge is 2.82. The van der Waals surface area contributed by atoms with E-state index in [1.54, 1.807) is 11.3 Å². The molecule has 9 rings (SSSR count). The molecule has 7 aliphatic rings. The van der Waals surface area contributed by atoms with Crippen LogP contribution in [-0.2, 0) is 22.2 Å². The Labute approximate surface area is 217 Å². The number of hydrogen-bond donors (Lipinski definition) is 2. The van der Waals surface area contributed by atoms with Gasteiger partial charge in [-0.05, 0) is 95.0 Å². The van der Waals surface area contributed by atoms with Crippen LogP contribution in [0, 0.1) is 24.2 Å². The molecule has 2 aromatic rings. The highest BCUT2D eigenvalue weighted by molar-refractivity contribution is 7.12. The smallest absolute Gasteiger partial charge is 0.165 e. The number of hydrogen-bond acceptors (Lipinski definition) is 6. The van der Waals surface area contributed by atoms with Gasteiger partial charge in [-0.1, -0.05) is 6.07 Å². The van der Waals surface area contributed by atoms with Crippen molar-refractivity contribution in [3.8, 4) is 11.5 Å². The number of methoxy groups -OCH3 is 1. The number of thiophene rings is 1. The largest absolute Gasteiger partial charge is 0.504 e. The monoisotopic (exact) mass is 507 g/mol. The lowest BCUT2D eigenvalue weighted by Gasteiger charge is -2.75. The van der Waals surface area contributed by atoms with Gasteiger partial charge < -0.3 is 19.7 Å². The molecule has 2 spiro atoms. The first-order valence-corrected chi connectivity index (χ1v) is 14.7. The van der Waals surface area contributed by atoms with Crippen LogP contribution in [0.1, 0.15) is 66.3 Å². The number of aromatic hydroxyl groups is 1. The molecular formula is C30H37NO4S. The van der Waals surface area contributed by atoms with Gasteiger partial charge in [0.2, 0.25) is 0 Å².